The number of likely N-dealkylation sites (tertiary alicyclic amines) is 1. The molecule has 7 heteroatoms. The third-order valence-corrected chi connectivity index (χ3v) is 5.19. The molecule has 1 fully saturated rings. The zero-order valence-electron chi connectivity index (χ0n) is 14.9. The number of hydrogen-bond acceptors (Lipinski definition) is 5. The molecule has 142 valence electrons. The topological polar surface area (TPSA) is 60.9 Å². The predicted octanol–water partition coefficient (Wildman–Crippen LogP) is 3.44. The first kappa shape index (κ1) is 17.9. The zero-order chi connectivity index (χ0) is 18.6. The minimum atomic E-state index is -0.00565. The molecule has 1 amide bonds. The van der Waals surface area contributed by atoms with Gasteiger partial charge in [-0.25, -0.2) is 0 Å². The Kier molecular flexibility index (Phi) is 5.34. The third-order valence-electron chi connectivity index (χ3n) is 4.91. The molecule has 0 saturated carbocycles. The van der Waals surface area contributed by atoms with E-state index in [1.807, 2.05) is 17.0 Å². The van der Waals surface area contributed by atoms with Crippen LogP contribution in [0.15, 0.2) is 36.7 Å². The van der Waals surface area contributed by atoms with Crippen molar-refractivity contribution < 1.29 is 19.0 Å². The smallest absolute Gasteiger partial charge is 0.257 e. The van der Waals surface area contributed by atoms with Crippen LogP contribution in [-0.2, 0) is 0 Å². The number of pyridine rings is 1. The summed E-state index contributed by atoms with van der Waals surface area (Å²) >= 11 is 6.07. The molecule has 0 aliphatic carbocycles. The van der Waals surface area contributed by atoms with Crippen molar-refractivity contribution in [1.82, 2.24) is 9.88 Å². The molecule has 2 aliphatic heterocycles. The maximum Gasteiger partial charge on any atom is 0.257 e. The number of rotatable bonds is 4. The van der Waals surface area contributed by atoms with Crippen molar-refractivity contribution >= 4 is 17.5 Å². The van der Waals surface area contributed by atoms with E-state index in [-0.39, 0.29) is 5.91 Å². The second kappa shape index (κ2) is 8.05. The molecular weight excluding hydrogens is 368 g/mol. The molecular formula is C20H21ClN2O4. The van der Waals surface area contributed by atoms with Gasteiger partial charge in [0.15, 0.2) is 11.5 Å². The number of ether oxygens (including phenoxy) is 3. The SMILES string of the molecule is O=C(c1cccc2c1OCCO2)N1CCC(COc2ccncc2Cl)CC1. The average molecular weight is 389 g/mol. The Morgan fingerprint density at radius 3 is 2.85 bits per heavy atom. The first-order valence-corrected chi connectivity index (χ1v) is 9.50. The van der Waals surface area contributed by atoms with Gasteiger partial charge in [0.2, 0.25) is 0 Å². The molecule has 1 aromatic heterocycles. The number of aromatic nitrogens is 1. The van der Waals surface area contributed by atoms with Crippen molar-refractivity contribution in [2.75, 3.05) is 32.9 Å². The van der Waals surface area contributed by atoms with E-state index in [4.69, 9.17) is 25.8 Å². The lowest BCUT2D eigenvalue weighted by atomic mass is 9.97. The van der Waals surface area contributed by atoms with Gasteiger partial charge in [0.25, 0.3) is 5.91 Å². The zero-order valence-corrected chi connectivity index (χ0v) is 15.7. The standard InChI is InChI=1S/C20H21ClN2O4/c21-16-12-22-7-4-17(16)27-13-14-5-8-23(9-6-14)20(24)15-2-1-3-18-19(15)26-11-10-25-18/h1-4,7,12,14H,5-6,8-11,13H2. The highest BCUT2D eigenvalue weighted by atomic mass is 35.5. The van der Waals surface area contributed by atoms with E-state index in [1.165, 1.54) is 0 Å². The van der Waals surface area contributed by atoms with Gasteiger partial charge in [-0.1, -0.05) is 17.7 Å². The number of halogens is 1. The molecule has 0 atom stereocenters. The Bertz CT molecular complexity index is 821. The Labute approximate surface area is 163 Å². The quantitative estimate of drug-likeness (QED) is 0.803. The summed E-state index contributed by atoms with van der Waals surface area (Å²) in [5.41, 5.74) is 0.575. The lowest BCUT2D eigenvalue weighted by Crippen LogP contribution is -2.40. The Morgan fingerprint density at radius 2 is 2.04 bits per heavy atom. The molecule has 0 unspecified atom stereocenters. The van der Waals surface area contributed by atoms with Gasteiger partial charge in [-0.3, -0.25) is 9.78 Å². The lowest BCUT2D eigenvalue weighted by Gasteiger charge is -2.32. The van der Waals surface area contributed by atoms with Crippen molar-refractivity contribution in [3.63, 3.8) is 0 Å². The van der Waals surface area contributed by atoms with Crippen LogP contribution < -0.4 is 14.2 Å². The monoisotopic (exact) mass is 388 g/mol. The number of benzene rings is 1. The van der Waals surface area contributed by atoms with Crippen molar-refractivity contribution in [1.29, 1.82) is 0 Å². The van der Waals surface area contributed by atoms with E-state index in [0.29, 0.717) is 66.7 Å². The lowest BCUT2D eigenvalue weighted by molar-refractivity contribution is 0.0651. The molecule has 4 rings (SSSR count). The molecule has 6 nitrogen and oxygen atoms in total. The summed E-state index contributed by atoms with van der Waals surface area (Å²) in [6.45, 7) is 2.96. The van der Waals surface area contributed by atoms with Crippen LogP contribution in [0.1, 0.15) is 23.2 Å². The molecule has 1 saturated heterocycles. The first-order valence-electron chi connectivity index (χ1n) is 9.12. The number of fused-ring (bicyclic) bond motifs is 1. The van der Waals surface area contributed by atoms with Gasteiger partial charge >= 0.3 is 0 Å². The molecule has 0 radical (unpaired) electrons. The summed E-state index contributed by atoms with van der Waals surface area (Å²) in [5.74, 6) is 2.24. The highest BCUT2D eigenvalue weighted by Crippen LogP contribution is 2.35. The minimum absolute atomic E-state index is 0.00565. The van der Waals surface area contributed by atoms with Crippen molar-refractivity contribution in [2.24, 2.45) is 5.92 Å². The fraction of sp³-hybridized carbons (Fsp3) is 0.400. The van der Waals surface area contributed by atoms with Gasteiger partial charge in [-0.2, -0.15) is 0 Å². The molecule has 3 heterocycles. The number of amides is 1. The van der Waals surface area contributed by atoms with E-state index < -0.39 is 0 Å². The second-order valence-electron chi connectivity index (χ2n) is 6.68. The van der Waals surface area contributed by atoms with Crippen molar-refractivity contribution in [2.45, 2.75) is 12.8 Å². The fourth-order valence-corrected chi connectivity index (χ4v) is 3.58. The van der Waals surface area contributed by atoms with E-state index in [2.05, 4.69) is 4.98 Å². The Morgan fingerprint density at radius 1 is 1.22 bits per heavy atom. The fourth-order valence-electron chi connectivity index (χ4n) is 3.40. The maximum atomic E-state index is 12.9. The van der Waals surface area contributed by atoms with Crippen molar-refractivity contribution in [3.8, 4) is 17.2 Å². The van der Waals surface area contributed by atoms with E-state index in [9.17, 15) is 4.79 Å². The molecule has 0 N–H and O–H groups in total. The summed E-state index contributed by atoms with van der Waals surface area (Å²) in [6, 6.07) is 7.23. The van der Waals surface area contributed by atoms with Gasteiger partial charge in [-0.05, 0) is 30.9 Å². The molecule has 2 aliphatic rings. The number of carbonyl (C=O) groups is 1. The highest BCUT2D eigenvalue weighted by molar-refractivity contribution is 6.31. The van der Waals surface area contributed by atoms with Crippen molar-refractivity contribution in [3.05, 3.63) is 47.2 Å². The van der Waals surface area contributed by atoms with Crippen LogP contribution in [0.2, 0.25) is 5.02 Å². The van der Waals surface area contributed by atoms with Gasteiger partial charge in [0.05, 0.1) is 12.2 Å². The van der Waals surface area contributed by atoms with Gasteiger partial charge < -0.3 is 19.1 Å². The number of carbonyl (C=O) groups excluding carboxylic acids is 1. The molecule has 0 spiro atoms. The average Bonchev–Trinajstić information content (AvgIpc) is 2.73. The van der Waals surface area contributed by atoms with E-state index in [0.717, 1.165) is 12.8 Å². The van der Waals surface area contributed by atoms with Crippen LogP contribution >= 0.6 is 11.6 Å². The minimum Gasteiger partial charge on any atom is -0.492 e. The molecule has 27 heavy (non-hydrogen) atoms. The van der Waals surface area contributed by atoms with E-state index >= 15 is 0 Å². The highest BCUT2D eigenvalue weighted by Gasteiger charge is 2.28. The van der Waals surface area contributed by atoms with Gasteiger partial charge in [0, 0.05) is 31.5 Å². The van der Waals surface area contributed by atoms with Crippen LogP contribution in [0.5, 0.6) is 17.2 Å². The molecule has 0 bridgehead atoms. The summed E-state index contributed by atoms with van der Waals surface area (Å²) < 4.78 is 17.1. The molecule has 2 aromatic rings. The summed E-state index contributed by atoms with van der Waals surface area (Å²) in [4.78, 5) is 18.8. The van der Waals surface area contributed by atoms with E-state index in [1.54, 1.807) is 24.5 Å². The summed E-state index contributed by atoms with van der Waals surface area (Å²) in [5, 5.41) is 0.515. The third kappa shape index (κ3) is 3.95. The van der Waals surface area contributed by atoms with Gasteiger partial charge in [-0.15, -0.1) is 0 Å². The van der Waals surface area contributed by atoms with Crippen LogP contribution in [0, 0.1) is 5.92 Å². The van der Waals surface area contributed by atoms with Crippen LogP contribution in [-0.4, -0.2) is 48.7 Å². The first-order chi connectivity index (χ1) is 13.2. The Hall–Kier alpha value is -2.47. The largest absolute Gasteiger partial charge is 0.492 e. The number of para-hydroxylation sites is 1. The van der Waals surface area contributed by atoms with Crippen LogP contribution in [0.25, 0.3) is 0 Å². The van der Waals surface area contributed by atoms with Gasteiger partial charge in [0.1, 0.15) is 24.0 Å². The maximum absolute atomic E-state index is 12.9. The Balaban J connectivity index is 1.34. The summed E-state index contributed by atoms with van der Waals surface area (Å²) in [6.07, 6.45) is 5.01. The molecule has 1 aromatic carbocycles. The summed E-state index contributed by atoms with van der Waals surface area (Å²) in [7, 11) is 0. The number of piperidine rings is 1. The predicted molar refractivity (Wildman–Crippen MR) is 101 cm³/mol. The number of nitrogens with zero attached hydrogens (tertiary/aromatic N) is 2. The van der Waals surface area contributed by atoms with Crippen LogP contribution in [0.3, 0.4) is 0 Å². The second-order valence-corrected chi connectivity index (χ2v) is 7.09. The normalized spacial score (nSPS) is 16.9. The van der Waals surface area contributed by atoms with Crippen LogP contribution in [0.4, 0.5) is 0 Å². The number of hydrogen-bond donors (Lipinski definition) is 0.